The summed E-state index contributed by atoms with van der Waals surface area (Å²) in [6, 6.07) is 3.02. The minimum atomic E-state index is -0.989. The molecule has 2 heterocycles. The van der Waals surface area contributed by atoms with E-state index in [9.17, 15) is 9.59 Å². The van der Waals surface area contributed by atoms with Gasteiger partial charge in [-0.15, -0.1) is 11.3 Å². The van der Waals surface area contributed by atoms with Crippen molar-refractivity contribution in [1.82, 2.24) is 10.2 Å². The first-order chi connectivity index (χ1) is 8.56. The highest BCUT2D eigenvalue weighted by molar-refractivity contribution is 7.15. The molecule has 1 fully saturated rings. The number of likely N-dealkylation sites (tertiary alicyclic amines) is 1. The summed E-state index contributed by atoms with van der Waals surface area (Å²) in [5, 5.41) is 11.7. The van der Waals surface area contributed by atoms with Crippen LogP contribution in [0.2, 0.25) is 0 Å². The summed E-state index contributed by atoms with van der Waals surface area (Å²) in [6.45, 7) is 2.73. The highest BCUT2D eigenvalue weighted by Gasteiger charge is 2.20. The minimum absolute atomic E-state index is 0.179. The first kappa shape index (κ1) is 13.0. The summed E-state index contributed by atoms with van der Waals surface area (Å²) in [5.74, 6) is -0.670. The van der Waals surface area contributed by atoms with Crippen LogP contribution in [0.25, 0.3) is 0 Å². The Labute approximate surface area is 109 Å². The second kappa shape index (κ2) is 5.49. The zero-order valence-corrected chi connectivity index (χ0v) is 11.0. The molecule has 1 aliphatic heterocycles. The second-order valence-electron chi connectivity index (χ2n) is 4.60. The molecular formula is C12H16N2O3S. The van der Waals surface area contributed by atoms with E-state index in [1.54, 1.807) is 6.07 Å². The Morgan fingerprint density at radius 3 is 2.78 bits per heavy atom. The summed E-state index contributed by atoms with van der Waals surface area (Å²) in [6.07, 6.45) is 1.10. The van der Waals surface area contributed by atoms with Crippen molar-refractivity contribution in [2.24, 2.45) is 5.92 Å². The fourth-order valence-corrected chi connectivity index (χ4v) is 2.85. The van der Waals surface area contributed by atoms with Gasteiger partial charge in [0.05, 0.1) is 4.88 Å². The number of carbonyl (C=O) groups excluding carboxylic acids is 1. The van der Waals surface area contributed by atoms with Gasteiger partial charge in [0.1, 0.15) is 4.88 Å². The average Bonchev–Trinajstić information content (AvgIpc) is 2.94. The van der Waals surface area contributed by atoms with Crippen LogP contribution in [0.4, 0.5) is 0 Å². The molecule has 1 saturated heterocycles. The van der Waals surface area contributed by atoms with Crippen molar-refractivity contribution in [3.05, 3.63) is 21.9 Å². The SMILES string of the molecule is CN1CCC(CNC(=O)c2ccc(C(=O)O)s2)C1. The number of carboxylic acid groups (broad SMARTS) is 1. The van der Waals surface area contributed by atoms with E-state index in [1.807, 2.05) is 0 Å². The van der Waals surface area contributed by atoms with Gasteiger partial charge in [-0.2, -0.15) is 0 Å². The molecule has 0 saturated carbocycles. The lowest BCUT2D eigenvalue weighted by Gasteiger charge is -2.10. The van der Waals surface area contributed by atoms with Crippen molar-refractivity contribution in [3.8, 4) is 0 Å². The molecule has 98 valence electrons. The normalized spacial score (nSPS) is 19.9. The van der Waals surface area contributed by atoms with Crippen LogP contribution in [0.15, 0.2) is 12.1 Å². The van der Waals surface area contributed by atoms with Gasteiger partial charge in [-0.1, -0.05) is 0 Å². The van der Waals surface area contributed by atoms with E-state index in [2.05, 4.69) is 17.3 Å². The molecule has 5 nitrogen and oxygen atoms in total. The molecular weight excluding hydrogens is 252 g/mol. The second-order valence-corrected chi connectivity index (χ2v) is 5.68. The molecule has 1 amide bonds. The summed E-state index contributed by atoms with van der Waals surface area (Å²) >= 11 is 1.01. The maximum atomic E-state index is 11.8. The van der Waals surface area contributed by atoms with Crippen molar-refractivity contribution in [1.29, 1.82) is 0 Å². The quantitative estimate of drug-likeness (QED) is 0.859. The molecule has 0 aromatic carbocycles. The Hall–Kier alpha value is -1.40. The van der Waals surface area contributed by atoms with Gasteiger partial charge in [0, 0.05) is 13.1 Å². The van der Waals surface area contributed by atoms with E-state index in [-0.39, 0.29) is 10.8 Å². The third kappa shape index (κ3) is 3.08. The lowest BCUT2D eigenvalue weighted by molar-refractivity contribution is 0.0702. The van der Waals surface area contributed by atoms with E-state index in [4.69, 9.17) is 5.11 Å². The number of hydrogen-bond acceptors (Lipinski definition) is 4. The Bertz CT molecular complexity index is 458. The molecule has 0 radical (unpaired) electrons. The maximum absolute atomic E-state index is 11.8. The lowest BCUT2D eigenvalue weighted by atomic mass is 10.1. The fourth-order valence-electron chi connectivity index (χ4n) is 2.09. The van der Waals surface area contributed by atoms with Gasteiger partial charge in [-0.3, -0.25) is 4.79 Å². The maximum Gasteiger partial charge on any atom is 0.345 e. The van der Waals surface area contributed by atoms with Crippen molar-refractivity contribution < 1.29 is 14.7 Å². The summed E-state index contributed by atoms with van der Waals surface area (Å²) in [7, 11) is 2.07. The molecule has 0 bridgehead atoms. The number of nitrogens with zero attached hydrogens (tertiary/aromatic N) is 1. The minimum Gasteiger partial charge on any atom is -0.477 e. The lowest BCUT2D eigenvalue weighted by Crippen LogP contribution is -2.29. The molecule has 0 aliphatic carbocycles. The van der Waals surface area contributed by atoms with Crippen LogP contribution in [0, 0.1) is 5.92 Å². The fraction of sp³-hybridized carbons (Fsp3) is 0.500. The van der Waals surface area contributed by atoms with Crippen molar-refractivity contribution in [2.75, 3.05) is 26.7 Å². The topological polar surface area (TPSA) is 69.6 Å². The van der Waals surface area contributed by atoms with Crippen LogP contribution in [-0.4, -0.2) is 48.6 Å². The molecule has 1 aromatic rings. The van der Waals surface area contributed by atoms with Crippen LogP contribution < -0.4 is 5.32 Å². The Morgan fingerprint density at radius 1 is 1.50 bits per heavy atom. The van der Waals surface area contributed by atoms with Gasteiger partial charge in [-0.25, -0.2) is 4.79 Å². The standard InChI is InChI=1S/C12H16N2O3S/c1-14-5-4-8(7-14)6-13-11(15)9-2-3-10(18-9)12(16)17/h2-3,8H,4-7H2,1H3,(H,13,15)(H,16,17). The molecule has 2 N–H and O–H groups in total. The molecule has 1 atom stereocenters. The Morgan fingerprint density at radius 2 is 2.22 bits per heavy atom. The number of rotatable bonds is 4. The predicted octanol–water partition coefficient (Wildman–Crippen LogP) is 1.13. The highest BCUT2D eigenvalue weighted by Crippen LogP contribution is 2.17. The van der Waals surface area contributed by atoms with Crippen LogP contribution in [0.1, 0.15) is 25.8 Å². The van der Waals surface area contributed by atoms with Crippen LogP contribution in [0.3, 0.4) is 0 Å². The van der Waals surface area contributed by atoms with Crippen molar-refractivity contribution >= 4 is 23.2 Å². The van der Waals surface area contributed by atoms with Gasteiger partial charge >= 0.3 is 5.97 Å². The Kier molecular flexibility index (Phi) is 3.98. The first-order valence-electron chi connectivity index (χ1n) is 5.86. The van der Waals surface area contributed by atoms with Crippen molar-refractivity contribution in [2.45, 2.75) is 6.42 Å². The van der Waals surface area contributed by atoms with E-state index in [1.165, 1.54) is 6.07 Å². The summed E-state index contributed by atoms with van der Waals surface area (Å²) < 4.78 is 0. The number of nitrogens with one attached hydrogen (secondary N) is 1. The molecule has 6 heteroatoms. The number of hydrogen-bond donors (Lipinski definition) is 2. The van der Waals surface area contributed by atoms with Crippen LogP contribution in [0.5, 0.6) is 0 Å². The summed E-state index contributed by atoms with van der Waals surface area (Å²) in [4.78, 5) is 25.4. The number of carbonyl (C=O) groups is 2. The number of carboxylic acids is 1. The summed E-state index contributed by atoms with van der Waals surface area (Å²) in [5.41, 5.74) is 0. The van der Waals surface area contributed by atoms with Gasteiger partial charge in [0.2, 0.25) is 0 Å². The van der Waals surface area contributed by atoms with E-state index in [0.29, 0.717) is 17.3 Å². The largest absolute Gasteiger partial charge is 0.477 e. The molecule has 0 spiro atoms. The van der Waals surface area contributed by atoms with E-state index in [0.717, 1.165) is 30.8 Å². The van der Waals surface area contributed by atoms with Gasteiger partial charge in [0.15, 0.2) is 0 Å². The number of thiophene rings is 1. The molecule has 1 aliphatic rings. The highest BCUT2D eigenvalue weighted by atomic mass is 32.1. The molecule has 2 rings (SSSR count). The molecule has 18 heavy (non-hydrogen) atoms. The first-order valence-corrected chi connectivity index (χ1v) is 6.68. The number of aromatic carboxylic acids is 1. The van der Waals surface area contributed by atoms with Crippen LogP contribution >= 0.6 is 11.3 Å². The van der Waals surface area contributed by atoms with Gasteiger partial charge in [-0.05, 0) is 38.1 Å². The zero-order valence-electron chi connectivity index (χ0n) is 10.2. The predicted molar refractivity (Wildman–Crippen MR) is 69.2 cm³/mol. The number of amides is 1. The Balaban J connectivity index is 1.85. The average molecular weight is 268 g/mol. The van der Waals surface area contributed by atoms with E-state index < -0.39 is 5.97 Å². The van der Waals surface area contributed by atoms with Gasteiger partial charge < -0.3 is 15.3 Å². The molecule has 1 unspecified atom stereocenters. The third-order valence-corrected chi connectivity index (χ3v) is 4.15. The van der Waals surface area contributed by atoms with E-state index >= 15 is 0 Å². The van der Waals surface area contributed by atoms with Crippen LogP contribution in [-0.2, 0) is 0 Å². The van der Waals surface area contributed by atoms with Gasteiger partial charge in [0.25, 0.3) is 5.91 Å². The smallest absolute Gasteiger partial charge is 0.345 e. The zero-order chi connectivity index (χ0) is 13.1. The molecule has 1 aromatic heterocycles. The third-order valence-electron chi connectivity index (χ3n) is 3.08. The monoisotopic (exact) mass is 268 g/mol. The van der Waals surface area contributed by atoms with Crippen molar-refractivity contribution in [3.63, 3.8) is 0 Å².